The van der Waals surface area contributed by atoms with E-state index in [1.165, 1.54) is 19.2 Å². The van der Waals surface area contributed by atoms with Gasteiger partial charge in [0.2, 0.25) is 5.82 Å². The van der Waals surface area contributed by atoms with Crippen LogP contribution in [0.4, 0.5) is 22.0 Å². The summed E-state index contributed by atoms with van der Waals surface area (Å²) >= 11 is 0. The zero-order chi connectivity index (χ0) is 19.3. The number of carbonyl (C=O) groups is 1. The van der Waals surface area contributed by atoms with Crippen LogP contribution < -0.4 is 14.9 Å². The second kappa shape index (κ2) is 8.28. The van der Waals surface area contributed by atoms with E-state index in [9.17, 15) is 26.7 Å². The van der Waals surface area contributed by atoms with Gasteiger partial charge in [-0.1, -0.05) is 0 Å². The molecule has 0 aromatic heterocycles. The lowest BCUT2D eigenvalue weighted by Gasteiger charge is -2.06. The molecular weight excluding hydrogens is 363 g/mol. The van der Waals surface area contributed by atoms with Gasteiger partial charge in [-0.05, 0) is 24.3 Å². The van der Waals surface area contributed by atoms with Gasteiger partial charge in [0.05, 0.1) is 18.9 Å². The van der Waals surface area contributed by atoms with Gasteiger partial charge in [0, 0.05) is 0 Å². The maximum Gasteiger partial charge on any atom is 0.277 e. The van der Waals surface area contributed by atoms with E-state index in [4.69, 9.17) is 9.47 Å². The molecule has 0 saturated carbocycles. The zero-order valence-corrected chi connectivity index (χ0v) is 13.2. The van der Waals surface area contributed by atoms with Crippen LogP contribution in [0.3, 0.4) is 0 Å². The molecule has 10 heteroatoms. The predicted octanol–water partition coefficient (Wildman–Crippen LogP) is 2.92. The molecule has 0 unspecified atom stereocenters. The van der Waals surface area contributed by atoms with Crippen LogP contribution >= 0.6 is 0 Å². The summed E-state index contributed by atoms with van der Waals surface area (Å²) in [6.07, 6.45) is 0.307. The number of hydrogen-bond donors (Lipinski definition) is 1. The Morgan fingerprint density at radius 3 is 2.00 bits per heavy atom. The van der Waals surface area contributed by atoms with Gasteiger partial charge in [-0.15, -0.1) is 0 Å². The molecule has 0 spiro atoms. The highest BCUT2D eigenvalue weighted by molar-refractivity contribution is 5.83. The van der Waals surface area contributed by atoms with E-state index in [1.54, 1.807) is 12.1 Å². The SMILES string of the molecule is COc1ccc(OCC(=O)NN=Cc2c(F)c(F)c(F)c(F)c2F)cc1. The highest BCUT2D eigenvalue weighted by Crippen LogP contribution is 2.21. The van der Waals surface area contributed by atoms with E-state index < -0.39 is 47.2 Å². The molecule has 5 nitrogen and oxygen atoms in total. The molecule has 0 aliphatic carbocycles. The molecule has 0 aliphatic rings. The number of carbonyl (C=O) groups excluding carboxylic acids is 1. The molecule has 1 N–H and O–H groups in total. The summed E-state index contributed by atoms with van der Waals surface area (Å²) in [4.78, 5) is 11.5. The minimum atomic E-state index is -2.28. The minimum absolute atomic E-state index is 0.307. The number of hydrazone groups is 1. The van der Waals surface area contributed by atoms with E-state index in [-0.39, 0.29) is 0 Å². The molecule has 0 heterocycles. The summed E-state index contributed by atoms with van der Waals surface area (Å²) in [6, 6.07) is 6.25. The van der Waals surface area contributed by atoms with Gasteiger partial charge in [-0.3, -0.25) is 4.79 Å². The smallest absolute Gasteiger partial charge is 0.277 e. The minimum Gasteiger partial charge on any atom is -0.497 e. The van der Waals surface area contributed by atoms with Crippen molar-refractivity contribution in [3.05, 3.63) is 58.9 Å². The van der Waals surface area contributed by atoms with Crippen LogP contribution in [0.1, 0.15) is 5.56 Å². The first-order chi connectivity index (χ1) is 12.3. The van der Waals surface area contributed by atoms with E-state index in [2.05, 4.69) is 5.10 Å². The van der Waals surface area contributed by atoms with Gasteiger partial charge in [0.25, 0.3) is 5.91 Å². The lowest BCUT2D eigenvalue weighted by atomic mass is 10.2. The number of hydrogen-bond acceptors (Lipinski definition) is 4. The van der Waals surface area contributed by atoms with Crippen LogP contribution in [0, 0.1) is 29.1 Å². The Morgan fingerprint density at radius 2 is 1.46 bits per heavy atom. The topological polar surface area (TPSA) is 59.9 Å². The molecule has 0 radical (unpaired) electrons. The highest BCUT2D eigenvalue weighted by atomic mass is 19.2. The fraction of sp³-hybridized carbons (Fsp3) is 0.125. The molecule has 1 amide bonds. The van der Waals surface area contributed by atoms with Crippen molar-refractivity contribution in [2.24, 2.45) is 5.10 Å². The number of nitrogens with one attached hydrogen (secondary N) is 1. The monoisotopic (exact) mass is 374 g/mol. The highest BCUT2D eigenvalue weighted by Gasteiger charge is 2.24. The molecule has 0 saturated heterocycles. The van der Waals surface area contributed by atoms with Gasteiger partial charge >= 0.3 is 0 Å². The van der Waals surface area contributed by atoms with E-state index in [0.717, 1.165) is 0 Å². The summed E-state index contributed by atoms with van der Waals surface area (Å²) < 4.78 is 75.8. The number of ether oxygens (including phenoxy) is 2. The molecule has 138 valence electrons. The molecule has 0 aliphatic heterocycles. The first kappa shape index (κ1) is 19.2. The maximum absolute atomic E-state index is 13.4. The van der Waals surface area contributed by atoms with Crippen LogP contribution in [-0.4, -0.2) is 25.8 Å². The number of halogens is 5. The van der Waals surface area contributed by atoms with Crippen molar-refractivity contribution in [3.63, 3.8) is 0 Å². The lowest BCUT2D eigenvalue weighted by molar-refractivity contribution is -0.123. The average Bonchev–Trinajstić information content (AvgIpc) is 2.66. The van der Waals surface area contributed by atoms with Crippen molar-refractivity contribution in [1.29, 1.82) is 0 Å². The lowest BCUT2D eigenvalue weighted by Crippen LogP contribution is -2.24. The fourth-order valence-electron chi connectivity index (χ4n) is 1.76. The first-order valence-corrected chi connectivity index (χ1v) is 6.95. The number of rotatable bonds is 6. The van der Waals surface area contributed by atoms with E-state index in [1.807, 2.05) is 5.43 Å². The molecule has 2 rings (SSSR count). The third-order valence-corrected chi connectivity index (χ3v) is 3.06. The van der Waals surface area contributed by atoms with Gasteiger partial charge in [-0.25, -0.2) is 27.4 Å². The fourth-order valence-corrected chi connectivity index (χ4v) is 1.76. The Bertz CT molecular complexity index is 812. The third kappa shape index (κ3) is 4.26. The Hall–Kier alpha value is -3.17. The van der Waals surface area contributed by atoms with E-state index in [0.29, 0.717) is 17.7 Å². The van der Waals surface area contributed by atoms with Crippen molar-refractivity contribution in [2.75, 3.05) is 13.7 Å². The van der Waals surface area contributed by atoms with Crippen LogP contribution in [0.15, 0.2) is 29.4 Å². The van der Waals surface area contributed by atoms with Crippen molar-refractivity contribution >= 4 is 12.1 Å². The Balaban J connectivity index is 1.97. The summed E-state index contributed by atoms with van der Waals surface area (Å²) in [6.45, 7) is -0.499. The maximum atomic E-state index is 13.4. The number of amides is 1. The van der Waals surface area contributed by atoms with Gasteiger partial charge in [0.1, 0.15) is 11.5 Å². The van der Waals surface area contributed by atoms with Crippen LogP contribution in [0.2, 0.25) is 0 Å². The largest absolute Gasteiger partial charge is 0.497 e. The predicted molar refractivity (Wildman–Crippen MR) is 80.5 cm³/mol. The van der Waals surface area contributed by atoms with Crippen LogP contribution in [-0.2, 0) is 4.79 Å². The van der Waals surface area contributed by atoms with Gasteiger partial charge in [0.15, 0.2) is 29.9 Å². The molecule has 0 bridgehead atoms. The molecule has 2 aromatic carbocycles. The van der Waals surface area contributed by atoms with Crippen molar-refractivity contribution in [2.45, 2.75) is 0 Å². The quantitative estimate of drug-likeness (QED) is 0.278. The van der Waals surface area contributed by atoms with Crippen molar-refractivity contribution in [3.8, 4) is 11.5 Å². The van der Waals surface area contributed by atoms with Gasteiger partial charge in [-0.2, -0.15) is 5.10 Å². The summed E-state index contributed by atoms with van der Waals surface area (Å²) in [7, 11) is 1.48. The normalized spacial score (nSPS) is 10.8. The molecule has 26 heavy (non-hydrogen) atoms. The second-order valence-electron chi connectivity index (χ2n) is 4.74. The van der Waals surface area contributed by atoms with Crippen molar-refractivity contribution in [1.82, 2.24) is 5.43 Å². The Morgan fingerprint density at radius 1 is 0.962 bits per heavy atom. The number of benzene rings is 2. The first-order valence-electron chi connectivity index (χ1n) is 6.95. The van der Waals surface area contributed by atoms with Crippen molar-refractivity contribution < 1.29 is 36.2 Å². The summed E-state index contributed by atoms with van der Waals surface area (Å²) in [5.74, 6) is -10.5. The molecule has 2 aromatic rings. The van der Waals surface area contributed by atoms with Gasteiger partial charge < -0.3 is 9.47 Å². The third-order valence-electron chi connectivity index (χ3n) is 3.06. The van der Waals surface area contributed by atoms with Crippen LogP contribution in [0.25, 0.3) is 0 Å². The van der Waals surface area contributed by atoms with E-state index >= 15 is 0 Å². The molecule has 0 atom stereocenters. The summed E-state index contributed by atoms with van der Waals surface area (Å²) in [5.41, 5.74) is 0.561. The standard InChI is InChI=1S/C16H11F5N2O3/c1-25-8-2-4-9(5-3-8)26-7-11(24)23-22-6-10-12(17)14(19)16(21)15(20)13(10)18/h2-6H,7H2,1H3,(H,23,24). The summed E-state index contributed by atoms with van der Waals surface area (Å²) in [5, 5.41) is 3.15. The second-order valence-corrected chi connectivity index (χ2v) is 4.74. The average molecular weight is 374 g/mol. The number of methoxy groups -OCH3 is 1. The Kier molecular flexibility index (Phi) is 6.10. The van der Waals surface area contributed by atoms with Crippen LogP contribution in [0.5, 0.6) is 11.5 Å². The molecule has 0 fully saturated rings. The zero-order valence-electron chi connectivity index (χ0n) is 13.2. The molecular formula is C16H11F5N2O3. The number of nitrogens with zero attached hydrogens (tertiary/aromatic N) is 1. The Labute approximate surface area is 144 Å².